The van der Waals surface area contributed by atoms with Crippen LogP contribution in [-0.4, -0.2) is 54.0 Å². The van der Waals surface area contributed by atoms with E-state index in [-0.39, 0.29) is 23.6 Å². The van der Waals surface area contributed by atoms with E-state index in [1.807, 2.05) is 0 Å². The monoisotopic (exact) mass is 291 g/mol. The number of carbonyl (C=O) groups excluding carboxylic acids is 2. The van der Waals surface area contributed by atoms with Crippen LogP contribution in [-0.2, 0) is 4.79 Å². The molecule has 2 rings (SSSR count). The summed E-state index contributed by atoms with van der Waals surface area (Å²) in [6.07, 6.45) is 1.28. The second kappa shape index (κ2) is 6.47. The lowest BCUT2D eigenvalue weighted by Crippen LogP contribution is -2.45. The molecule has 0 bridgehead atoms. The van der Waals surface area contributed by atoms with E-state index in [0.717, 1.165) is 0 Å². The van der Waals surface area contributed by atoms with Crippen molar-refractivity contribution >= 4 is 17.6 Å². The highest BCUT2D eigenvalue weighted by atomic mass is 16.3. The summed E-state index contributed by atoms with van der Waals surface area (Å²) >= 11 is 0. The van der Waals surface area contributed by atoms with Gasteiger partial charge in [-0.2, -0.15) is 0 Å². The number of para-hydroxylation sites is 2. The van der Waals surface area contributed by atoms with E-state index in [1.54, 1.807) is 42.1 Å². The Morgan fingerprint density at radius 1 is 1.24 bits per heavy atom. The van der Waals surface area contributed by atoms with Crippen LogP contribution in [0.4, 0.5) is 10.5 Å². The maximum absolute atomic E-state index is 12.2. The van der Waals surface area contributed by atoms with E-state index < -0.39 is 0 Å². The van der Waals surface area contributed by atoms with Crippen molar-refractivity contribution < 1.29 is 14.7 Å². The number of rotatable bonds is 2. The molecular formula is C15H21N3O3. The van der Waals surface area contributed by atoms with Crippen molar-refractivity contribution in [1.82, 2.24) is 9.80 Å². The molecule has 6 heteroatoms. The molecule has 0 aromatic heterocycles. The first-order valence-electron chi connectivity index (χ1n) is 7.04. The number of nitrogens with one attached hydrogen (secondary N) is 1. The average Bonchev–Trinajstić information content (AvgIpc) is 2.49. The molecule has 1 saturated heterocycles. The van der Waals surface area contributed by atoms with E-state index >= 15 is 0 Å². The molecule has 1 fully saturated rings. The number of amides is 3. The number of benzene rings is 1. The summed E-state index contributed by atoms with van der Waals surface area (Å²) in [5.74, 6) is -0.171. The Morgan fingerprint density at radius 2 is 1.86 bits per heavy atom. The second-order valence-electron chi connectivity index (χ2n) is 5.44. The van der Waals surface area contributed by atoms with Crippen molar-refractivity contribution in [2.45, 2.75) is 12.8 Å². The number of nitrogens with zero attached hydrogens (tertiary/aromatic N) is 2. The summed E-state index contributed by atoms with van der Waals surface area (Å²) < 4.78 is 0. The summed E-state index contributed by atoms with van der Waals surface area (Å²) in [5.41, 5.74) is 0.425. The Labute approximate surface area is 124 Å². The molecule has 0 spiro atoms. The Balaban J connectivity index is 1.89. The van der Waals surface area contributed by atoms with Crippen LogP contribution in [0.15, 0.2) is 24.3 Å². The standard InChI is InChI=1S/C15H21N3O3/c1-17(2)15(21)18-9-7-11(8-10-18)14(20)16-12-5-3-4-6-13(12)19/h3-6,11,19H,7-10H2,1-2H3,(H,16,20). The number of hydrogen-bond donors (Lipinski definition) is 2. The predicted molar refractivity (Wildman–Crippen MR) is 80.1 cm³/mol. The van der Waals surface area contributed by atoms with E-state index in [4.69, 9.17) is 0 Å². The van der Waals surface area contributed by atoms with Gasteiger partial charge in [0.25, 0.3) is 0 Å². The number of carbonyl (C=O) groups is 2. The zero-order valence-electron chi connectivity index (χ0n) is 12.4. The van der Waals surface area contributed by atoms with Gasteiger partial charge in [-0.1, -0.05) is 12.1 Å². The van der Waals surface area contributed by atoms with Gasteiger partial charge in [-0.15, -0.1) is 0 Å². The maximum Gasteiger partial charge on any atom is 0.319 e. The number of anilines is 1. The van der Waals surface area contributed by atoms with Crippen molar-refractivity contribution in [3.8, 4) is 5.75 Å². The summed E-state index contributed by atoms with van der Waals surface area (Å²) in [4.78, 5) is 27.3. The molecule has 1 aliphatic heterocycles. The number of phenolic OH excluding ortho intramolecular Hbond substituents is 1. The number of phenols is 1. The molecule has 2 N–H and O–H groups in total. The number of urea groups is 1. The minimum Gasteiger partial charge on any atom is -0.506 e. The smallest absolute Gasteiger partial charge is 0.319 e. The highest BCUT2D eigenvalue weighted by Gasteiger charge is 2.28. The van der Waals surface area contributed by atoms with Gasteiger partial charge >= 0.3 is 6.03 Å². The quantitative estimate of drug-likeness (QED) is 0.815. The molecule has 6 nitrogen and oxygen atoms in total. The summed E-state index contributed by atoms with van der Waals surface area (Å²) in [6.45, 7) is 1.16. The molecule has 3 amide bonds. The summed E-state index contributed by atoms with van der Waals surface area (Å²) in [7, 11) is 3.44. The van der Waals surface area contributed by atoms with Crippen molar-refractivity contribution in [1.29, 1.82) is 0 Å². The molecule has 0 aliphatic carbocycles. The van der Waals surface area contributed by atoms with Gasteiger partial charge in [0.05, 0.1) is 5.69 Å². The third-order valence-corrected chi connectivity index (χ3v) is 3.68. The third kappa shape index (κ3) is 3.65. The van der Waals surface area contributed by atoms with E-state index in [9.17, 15) is 14.7 Å². The molecular weight excluding hydrogens is 270 g/mol. The molecule has 0 unspecified atom stereocenters. The molecule has 1 aromatic rings. The normalized spacial score (nSPS) is 15.6. The average molecular weight is 291 g/mol. The first kappa shape index (κ1) is 15.2. The first-order valence-corrected chi connectivity index (χ1v) is 7.04. The van der Waals surface area contributed by atoms with Crippen LogP contribution in [0, 0.1) is 5.92 Å². The number of aromatic hydroxyl groups is 1. The van der Waals surface area contributed by atoms with Crippen LogP contribution in [0.3, 0.4) is 0 Å². The van der Waals surface area contributed by atoms with Gasteiger partial charge in [0.15, 0.2) is 0 Å². The fourth-order valence-corrected chi connectivity index (χ4v) is 2.43. The number of hydrogen-bond acceptors (Lipinski definition) is 3. The molecule has 0 atom stereocenters. The third-order valence-electron chi connectivity index (χ3n) is 3.68. The van der Waals surface area contributed by atoms with Crippen molar-refractivity contribution in [3.05, 3.63) is 24.3 Å². The molecule has 1 aliphatic rings. The minimum atomic E-state index is -0.129. The lowest BCUT2D eigenvalue weighted by atomic mass is 9.96. The van der Waals surface area contributed by atoms with Gasteiger partial charge in [0.2, 0.25) is 5.91 Å². The Kier molecular flexibility index (Phi) is 4.67. The van der Waals surface area contributed by atoms with Crippen LogP contribution >= 0.6 is 0 Å². The molecule has 0 radical (unpaired) electrons. The van der Waals surface area contributed by atoms with E-state index in [1.165, 1.54) is 6.07 Å². The Bertz CT molecular complexity index is 523. The maximum atomic E-state index is 12.2. The lowest BCUT2D eigenvalue weighted by molar-refractivity contribution is -0.121. The summed E-state index contributed by atoms with van der Waals surface area (Å²) in [5, 5.41) is 12.4. The van der Waals surface area contributed by atoms with Gasteiger partial charge in [0, 0.05) is 33.1 Å². The molecule has 0 saturated carbocycles. The number of piperidine rings is 1. The minimum absolute atomic E-state index is 0.0189. The lowest BCUT2D eigenvalue weighted by Gasteiger charge is -2.33. The first-order chi connectivity index (χ1) is 9.99. The van der Waals surface area contributed by atoms with Crippen LogP contribution in [0.5, 0.6) is 5.75 Å². The van der Waals surface area contributed by atoms with Crippen LogP contribution in [0.2, 0.25) is 0 Å². The van der Waals surface area contributed by atoms with E-state index in [2.05, 4.69) is 5.32 Å². The zero-order valence-corrected chi connectivity index (χ0v) is 12.4. The largest absolute Gasteiger partial charge is 0.506 e. The SMILES string of the molecule is CN(C)C(=O)N1CCC(C(=O)Nc2ccccc2O)CC1. The van der Waals surface area contributed by atoms with E-state index in [0.29, 0.717) is 31.6 Å². The fraction of sp³-hybridized carbons (Fsp3) is 0.467. The fourth-order valence-electron chi connectivity index (χ4n) is 2.43. The molecule has 21 heavy (non-hydrogen) atoms. The van der Waals surface area contributed by atoms with Gasteiger partial charge < -0.3 is 20.2 Å². The Morgan fingerprint density at radius 3 is 2.43 bits per heavy atom. The van der Waals surface area contributed by atoms with Crippen LogP contribution in [0.25, 0.3) is 0 Å². The van der Waals surface area contributed by atoms with Gasteiger partial charge in [0.1, 0.15) is 5.75 Å². The second-order valence-corrected chi connectivity index (χ2v) is 5.44. The predicted octanol–water partition coefficient (Wildman–Crippen LogP) is 1.72. The van der Waals surface area contributed by atoms with Gasteiger partial charge in [-0.3, -0.25) is 4.79 Å². The summed E-state index contributed by atoms with van der Waals surface area (Å²) in [6, 6.07) is 6.64. The topological polar surface area (TPSA) is 72.9 Å². The number of likely N-dealkylation sites (tertiary alicyclic amines) is 1. The van der Waals surface area contributed by atoms with Crippen molar-refractivity contribution in [2.75, 3.05) is 32.5 Å². The van der Waals surface area contributed by atoms with Crippen LogP contribution in [0.1, 0.15) is 12.8 Å². The van der Waals surface area contributed by atoms with Gasteiger partial charge in [-0.25, -0.2) is 4.79 Å². The van der Waals surface area contributed by atoms with Crippen molar-refractivity contribution in [2.24, 2.45) is 5.92 Å². The molecule has 114 valence electrons. The zero-order chi connectivity index (χ0) is 15.4. The van der Waals surface area contributed by atoms with Crippen molar-refractivity contribution in [3.63, 3.8) is 0 Å². The van der Waals surface area contributed by atoms with Gasteiger partial charge in [-0.05, 0) is 25.0 Å². The molecule has 1 heterocycles. The molecule has 1 aromatic carbocycles. The highest BCUT2D eigenvalue weighted by molar-refractivity contribution is 5.94. The van der Waals surface area contributed by atoms with Crippen LogP contribution < -0.4 is 5.32 Å². The highest BCUT2D eigenvalue weighted by Crippen LogP contribution is 2.24. The Hall–Kier alpha value is -2.24.